The highest BCUT2D eigenvalue weighted by atomic mass is 35.5. The number of aromatic nitrogens is 1. The van der Waals surface area contributed by atoms with E-state index >= 15 is 0 Å². The second-order valence-electron chi connectivity index (χ2n) is 4.90. The number of halogens is 3. The van der Waals surface area contributed by atoms with Crippen LogP contribution in [0.5, 0.6) is 5.75 Å². The molecule has 1 aliphatic heterocycles. The average molecular weight is 399 g/mol. The number of piperazine rings is 1. The van der Waals surface area contributed by atoms with E-state index in [0.717, 1.165) is 49.0 Å². The molecule has 0 unspecified atom stereocenters. The Morgan fingerprint density at radius 3 is 2.39 bits per heavy atom. The highest BCUT2D eigenvalue weighted by Crippen LogP contribution is 2.26. The van der Waals surface area contributed by atoms with Gasteiger partial charge in [-0.3, -0.25) is 4.90 Å². The number of nitrogens with one attached hydrogen (secondary N) is 1. The standard InChI is InChI=1S/C15H19N3OS.3ClH/c1-19-14-4-2-12(3-5-14)15-17-13(11-20-15)10-18-8-6-16-7-9-18;;;/h2-5,11,16H,6-10H2,1H3;3*1H. The van der Waals surface area contributed by atoms with Gasteiger partial charge in [-0.15, -0.1) is 48.6 Å². The van der Waals surface area contributed by atoms with Crippen LogP contribution in [0.2, 0.25) is 0 Å². The molecule has 2 heterocycles. The summed E-state index contributed by atoms with van der Waals surface area (Å²) in [6.45, 7) is 5.32. The van der Waals surface area contributed by atoms with E-state index in [1.165, 1.54) is 5.69 Å². The molecule has 0 amide bonds. The van der Waals surface area contributed by atoms with Crippen LogP contribution in [0.4, 0.5) is 0 Å². The fourth-order valence-corrected chi connectivity index (χ4v) is 3.16. The number of thiazole rings is 1. The molecule has 0 atom stereocenters. The van der Waals surface area contributed by atoms with Crippen molar-refractivity contribution in [1.29, 1.82) is 0 Å². The molecule has 130 valence electrons. The van der Waals surface area contributed by atoms with Crippen molar-refractivity contribution in [3.63, 3.8) is 0 Å². The molecule has 1 aromatic heterocycles. The van der Waals surface area contributed by atoms with Gasteiger partial charge in [0.05, 0.1) is 12.8 Å². The maximum Gasteiger partial charge on any atom is 0.123 e. The highest BCUT2D eigenvalue weighted by Gasteiger charge is 2.12. The van der Waals surface area contributed by atoms with E-state index in [1.807, 2.05) is 12.1 Å². The quantitative estimate of drug-likeness (QED) is 0.855. The van der Waals surface area contributed by atoms with E-state index in [2.05, 4.69) is 27.7 Å². The number of hydrogen-bond donors (Lipinski definition) is 1. The van der Waals surface area contributed by atoms with Crippen LogP contribution in [0.3, 0.4) is 0 Å². The molecule has 0 spiro atoms. The van der Waals surface area contributed by atoms with Crippen LogP contribution in [0.15, 0.2) is 29.6 Å². The van der Waals surface area contributed by atoms with Crippen molar-refractivity contribution in [2.45, 2.75) is 6.54 Å². The largest absolute Gasteiger partial charge is 0.497 e. The Hall–Kier alpha value is -0.560. The summed E-state index contributed by atoms with van der Waals surface area (Å²) in [6, 6.07) is 8.08. The normalized spacial score (nSPS) is 14.1. The molecule has 23 heavy (non-hydrogen) atoms. The second-order valence-corrected chi connectivity index (χ2v) is 5.76. The van der Waals surface area contributed by atoms with Crippen LogP contribution in [-0.2, 0) is 6.54 Å². The van der Waals surface area contributed by atoms with Crippen molar-refractivity contribution in [2.75, 3.05) is 33.3 Å². The van der Waals surface area contributed by atoms with E-state index in [1.54, 1.807) is 18.4 Å². The number of ether oxygens (including phenoxy) is 1. The number of nitrogens with zero attached hydrogens (tertiary/aromatic N) is 2. The van der Waals surface area contributed by atoms with Gasteiger partial charge in [0.15, 0.2) is 0 Å². The van der Waals surface area contributed by atoms with Crippen molar-refractivity contribution in [3.8, 4) is 16.3 Å². The zero-order chi connectivity index (χ0) is 13.8. The lowest BCUT2D eigenvalue weighted by atomic mass is 10.2. The molecule has 1 aliphatic rings. The lowest BCUT2D eigenvalue weighted by molar-refractivity contribution is 0.231. The maximum absolute atomic E-state index is 5.18. The molecular formula is C15H22Cl3N3OS. The first-order valence-corrected chi connectivity index (χ1v) is 7.75. The minimum Gasteiger partial charge on any atom is -0.497 e. The summed E-state index contributed by atoms with van der Waals surface area (Å²) in [5.74, 6) is 0.881. The van der Waals surface area contributed by atoms with Crippen LogP contribution in [-0.4, -0.2) is 43.2 Å². The van der Waals surface area contributed by atoms with Crippen LogP contribution in [0, 0.1) is 0 Å². The number of methoxy groups -OCH3 is 1. The van der Waals surface area contributed by atoms with E-state index in [0.29, 0.717) is 0 Å². The topological polar surface area (TPSA) is 37.4 Å². The summed E-state index contributed by atoms with van der Waals surface area (Å²) in [4.78, 5) is 7.19. The molecule has 0 radical (unpaired) electrons. The Morgan fingerprint density at radius 1 is 1.13 bits per heavy atom. The average Bonchev–Trinajstić information content (AvgIpc) is 2.97. The van der Waals surface area contributed by atoms with Gasteiger partial charge in [-0.2, -0.15) is 0 Å². The maximum atomic E-state index is 5.18. The van der Waals surface area contributed by atoms with Crippen LogP contribution < -0.4 is 10.1 Å². The van der Waals surface area contributed by atoms with Crippen molar-refractivity contribution < 1.29 is 4.74 Å². The SMILES string of the molecule is COc1ccc(-c2nc(CN3CCNCC3)cs2)cc1.Cl.Cl.Cl. The highest BCUT2D eigenvalue weighted by molar-refractivity contribution is 7.13. The summed E-state index contributed by atoms with van der Waals surface area (Å²) < 4.78 is 5.18. The van der Waals surface area contributed by atoms with Gasteiger partial charge in [-0.05, 0) is 24.3 Å². The Morgan fingerprint density at radius 2 is 1.78 bits per heavy atom. The summed E-state index contributed by atoms with van der Waals surface area (Å²) in [5.41, 5.74) is 2.32. The molecule has 8 heteroatoms. The molecule has 0 aliphatic carbocycles. The molecule has 1 aromatic carbocycles. The molecule has 1 saturated heterocycles. The van der Waals surface area contributed by atoms with Crippen molar-refractivity contribution in [1.82, 2.24) is 15.2 Å². The molecule has 3 rings (SSSR count). The van der Waals surface area contributed by atoms with Gasteiger partial charge < -0.3 is 10.1 Å². The summed E-state index contributed by atoms with van der Waals surface area (Å²) >= 11 is 1.71. The fraction of sp³-hybridized carbons (Fsp3) is 0.400. The lowest BCUT2D eigenvalue weighted by Gasteiger charge is -2.26. The van der Waals surface area contributed by atoms with Gasteiger partial charge in [-0.25, -0.2) is 4.98 Å². The van der Waals surface area contributed by atoms with Gasteiger partial charge in [0.1, 0.15) is 10.8 Å². The van der Waals surface area contributed by atoms with E-state index < -0.39 is 0 Å². The molecule has 1 fully saturated rings. The lowest BCUT2D eigenvalue weighted by Crippen LogP contribution is -2.42. The zero-order valence-electron chi connectivity index (χ0n) is 12.9. The van der Waals surface area contributed by atoms with E-state index in [4.69, 9.17) is 9.72 Å². The van der Waals surface area contributed by atoms with Gasteiger partial charge >= 0.3 is 0 Å². The molecular weight excluding hydrogens is 377 g/mol. The Labute approximate surface area is 159 Å². The number of benzene rings is 1. The molecule has 2 aromatic rings. The van der Waals surface area contributed by atoms with Gasteiger partial charge in [0, 0.05) is 43.7 Å². The van der Waals surface area contributed by atoms with E-state index in [-0.39, 0.29) is 37.2 Å². The minimum absolute atomic E-state index is 0. The van der Waals surface area contributed by atoms with Crippen LogP contribution >= 0.6 is 48.6 Å². The summed E-state index contributed by atoms with van der Waals surface area (Å²) in [5, 5.41) is 6.62. The zero-order valence-corrected chi connectivity index (χ0v) is 16.1. The van der Waals surface area contributed by atoms with Crippen LogP contribution in [0.1, 0.15) is 5.69 Å². The minimum atomic E-state index is 0. The first kappa shape index (κ1) is 22.4. The van der Waals surface area contributed by atoms with Gasteiger partial charge in [0.25, 0.3) is 0 Å². The Kier molecular flexibility index (Phi) is 10.8. The van der Waals surface area contributed by atoms with Gasteiger partial charge in [0.2, 0.25) is 0 Å². The molecule has 0 saturated carbocycles. The van der Waals surface area contributed by atoms with Crippen molar-refractivity contribution in [2.24, 2.45) is 0 Å². The molecule has 0 bridgehead atoms. The van der Waals surface area contributed by atoms with Gasteiger partial charge in [-0.1, -0.05) is 0 Å². The fourth-order valence-electron chi connectivity index (χ4n) is 2.34. The van der Waals surface area contributed by atoms with Crippen molar-refractivity contribution in [3.05, 3.63) is 35.3 Å². The number of rotatable bonds is 4. The Bertz CT molecular complexity index is 559. The third kappa shape index (κ3) is 6.10. The monoisotopic (exact) mass is 397 g/mol. The summed E-state index contributed by atoms with van der Waals surface area (Å²) in [6.07, 6.45) is 0. The Balaban J connectivity index is 0.00000161. The smallest absolute Gasteiger partial charge is 0.123 e. The first-order chi connectivity index (χ1) is 9.85. The predicted octanol–water partition coefficient (Wildman–Crippen LogP) is 3.49. The second kappa shape index (κ2) is 11.1. The molecule has 4 nitrogen and oxygen atoms in total. The van der Waals surface area contributed by atoms with E-state index in [9.17, 15) is 0 Å². The summed E-state index contributed by atoms with van der Waals surface area (Å²) in [7, 11) is 1.68. The first-order valence-electron chi connectivity index (χ1n) is 6.87. The number of hydrogen-bond acceptors (Lipinski definition) is 5. The third-order valence-electron chi connectivity index (χ3n) is 3.48. The van der Waals surface area contributed by atoms with Crippen LogP contribution in [0.25, 0.3) is 10.6 Å². The van der Waals surface area contributed by atoms with Crippen molar-refractivity contribution >= 4 is 48.6 Å². The molecule has 1 N–H and O–H groups in total. The predicted molar refractivity (Wildman–Crippen MR) is 104 cm³/mol. The third-order valence-corrected chi connectivity index (χ3v) is 4.42.